The number of nitrogens with one attached hydrogen (secondary N) is 1. The first kappa shape index (κ1) is 13.9. The smallest absolute Gasteiger partial charge is 0.273 e. The Labute approximate surface area is 132 Å². The van der Waals surface area contributed by atoms with E-state index < -0.39 is 0 Å². The van der Waals surface area contributed by atoms with Crippen molar-refractivity contribution in [3.05, 3.63) is 36.0 Å². The molecule has 0 bridgehead atoms. The molecule has 0 atom stereocenters. The van der Waals surface area contributed by atoms with Gasteiger partial charge in [-0.1, -0.05) is 0 Å². The molecular weight excluding hydrogens is 300 g/mol. The highest BCUT2D eigenvalue weighted by atomic mass is 16.7. The zero-order valence-corrected chi connectivity index (χ0v) is 12.4. The van der Waals surface area contributed by atoms with Crippen molar-refractivity contribution >= 4 is 5.91 Å². The molecule has 2 aliphatic rings. The van der Waals surface area contributed by atoms with Crippen molar-refractivity contribution in [3.8, 4) is 17.2 Å². The number of rotatable bonds is 5. The summed E-state index contributed by atoms with van der Waals surface area (Å²) in [6.45, 7) is 0.356. The topological polar surface area (TPSA) is 82.8 Å². The van der Waals surface area contributed by atoms with Gasteiger partial charge in [-0.3, -0.25) is 4.79 Å². The number of benzene rings is 1. The number of hydrogen-bond donors (Lipinski definition) is 1. The quantitative estimate of drug-likeness (QED) is 0.911. The molecule has 0 saturated heterocycles. The Morgan fingerprint density at radius 1 is 1.30 bits per heavy atom. The highest BCUT2D eigenvalue weighted by Crippen LogP contribution is 2.35. The first-order chi connectivity index (χ1) is 11.3. The molecule has 1 amide bonds. The van der Waals surface area contributed by atoms with Crippen molar-refractivity contribution in [1.82, 2.24) is 10.3 Å². The van der Waals surface area contributed by atoms with E-state index >= 15 is 0 Å². The fourth-order valence-electron chi connectivity index (χ4n) is 2.41. The van der Waals surface area contributed by atoms with Gasteiger partial charge in [-0.05, 0) is 31.4 Å². The zero-order valence-electron chi connectivity index (χ0n) is 12.4. The van der Waals surface area contributed by atoms with Crippen molar-refractivity contribution < 1.29 is 23.4 Å². The largest absolute Gasteiger partial charge is 0.484 e. The zero-order chi connectivity index (χ0) is 15.6. The third-order valence-electron chi connectivity index (χ3n) is 3.93. The summed E-state index contributed by atoms with van der Waals surface area (Å²) in [5, 5.41) is 2.92. The second kappa shape index (κ2) is 5.83. The van der Waals surface area contributed by atoms with E-state index in [0.717, 1.165) is 12.8 Å². The minimum Gasteiger partial charge on any atom is -0.484 e. The molecule has 1 aliphatic carbocycles. The van der Waals surface area contributed by atoms with Crippen molar-refractivity contribution in [1.29, 1.82) is 0 Å². The van der Waals surface area contributed by atoms with Crippen LogP contribution in [-0.4, -0.2) is 23.7 Å². The lowest BCUT2D eigenvalue weighted by Gasteiger charge is -2.25. The standard InChI is InChI=1S/C16H16N2O5/c19-16(17-10-2-1-3-10)12-7-21-15(18-12)8-20-11-4-5-13-14(6-11)23-9-22-13/h4-7,10H,1-3,8-9H2,(H,17,19). The minimum atomic E-state index is -0.201. The molecule has 1 aromatic carbocycles. The van der Waals surface area contributed by atoms with Gasteiger partial charge in [0.1, 0.15) is 12.0 Å². The Hall–Kier alpha value is -2.70. The summed E-state index contributed by atoms with van der Waals surface area (Å²) >= 11 is 0. The molecule has 1 saturated carbocycles. The fourth-order valence-corrected chi connectivity index (χ4v) is 2.41. The molecule has 1 fully saturated rings. The van der Waals surface area contributed by atoms with Crippen LogP contribution in [0.5, 0.6) is 17.2 Å². The van der Waals surface area contributed by atoms with E-state index in [1.165, 1.54) is 12.7 Å². The maximum Gasteiger partial charge on any atom is 0.273 e. The molecule has 0 radical (unpaired) electrons. The van der Waals surface area contributed by atoms with Gasteiger partial charge >= 0.3 is 0 Å². The van der Waals surface area contributed by atoms with Crippen LogP contribution in [0.25, 0.3) is 0 Å². The van der Waals surface area contributed by atoms with Crippen LogP contribution in [0.4, 0.5) is 0 Å². The van der Waals surface area contributed by atoms with Crippen LogP contribution in [0, 0.1) is 0 Å². The summed E-state index contributed by atoms with van der Waals surface area (Å²) in [7, 11) is 0. The molecule has 2 aromatic rings. The molecule has 23 heavy (non-hydrogen) atoms. The van der Waals surface area contributed by atoms with Gasteiger partial charge in [0, 0.05) is 12.1 Å². The molecule has 1 aliphatic heterocycles. The van der Waals surface area contributed by atoms with Gasteiger partial charge in [-0.25, -0.2) is 4.98 Å². The number of oxazole rings is 1. The van der Waals surface area contributed by atoms with E-state index in [-0.39, 0.29) is 31.0 Å². The number of amides is 1. The van der Waals surface area contributed by atoms with Crippen LogP contribution in [0.1, 0.15) is 35.6 Å². The molecule has 7 heteroatoms. The third kappa shape index (κ3) is 2.94. The van der Waals surface area contributed by atoms with E-state index in [1.807, 2.05) is 0 Å². The average Bonchev–Trinajstić information content (AvgIpc) is 3.17. The second-order valence-electron chi connectivity index (χ2n) is 5.53. The van der Waals surface area contributed by atoms with Gasteiger partial charge in [-0.2, -0.15) is 0 Å². The average molecular weight is 316 g/mol. The Bertz CT molecular complexity index is 723. The Morgan fingerprint density at radius 2 is 2.17 bits per heavy atom. The van der Waals surface area contributed by atoms with Crippen molar-refractivity contribution in [2.45, 2.75) is 31.9 Å². The van der Waals surface area contributed by atoms with Crippen LogP contribution in [0.15, 0.2) is 28.9 Å². The predicted molar refractivity (Wildman–Crippen MR) is 78.5 cm³/mol. The lowest BCUT2D eigenvalue weighted by atomic mass is 9.93. The lowest BCUT2D eigenvalue weighted by Crippen LogP contribution is -2.39. The summed E-state index contributed by atoms with van der Waals surface area (Å²) in [5.41, 5.74) is 0.279. The van der Waals surface area contributed by atoms with E-state index in [9.17, 15) is 4.79 Å². The fraction of sp³-hybridized carbons (Fsp3) is 0.375. The normalized spacial score (nSPS) is 16.0. The second-order valence-corrected chi connectivity index (χ2v) is 5.53. The van der Waals surface area contributed by atoms with Gasteiger partial charge in [0.05, 0.1) is 0 Å². The maximum atomic E-state index is 12.0. The number of nitrogens with zero attached hydrogens (tertiary/aromatic N) is 1. The number of ether oxygens (including phenoxy) is 3. The molecule has 0 spiro atoms. The monoisotopic (exact) mass is 316 g/mol. The van der Waals surface area contributed by atoms with E-state index in [4.69, 9.17) is 18.6 Å². The first-order valence-electron chi connectivity index (χ1n) is 7.55. The van der Waals surface area contributed by atoms with Crippen LogP contribution < -0.4 is 19.5 Å². The number of carbonyl (C=O) groups is 1. The Kier molecular flexibility index (Phi) is 3.53. The van der Waals surface area contributed by atoms with Crippen molar-refractivity contribution in [2.75, 3.05) is 6.79 Å². The van der Waals surface area contributed by atoms with Crippen molar-refractivity contribution in [2.24, 2.45) is 0 Å². The van der Waals surface area contributed by atoms with Crippen LogP contribution >= 0.6 is 0 Å². The molecule has 2 heterocycles. The number of aromatic nitrogens is 1. The number of fused-ring (bicyclic) bond motifs is 1. The number of carbonyl (C=O) groups excluding carboxylic acids is 1. The molecular formula is C16H16N2O5. The molecule has 120 valence electrons. The lowest BCUT2D eigenvalue weighted by molar-refractivity contribution is 0.0911. The van der Waals surface area contributed by atoms with Crippen LogP contribution in [0.3, 0.4) is 0 Å². The van der Waals surface area contributed by atoms with Gasteiger partial charge < -0.3 is 23.9 Å². The predicted octanol–water partition coefficient (Wildman–Crippen LogP) is 2.26. The summed E-state index contributed by atoms with van der Waals surface area (Å²) in [6.07, 6.45) is 4.58. The maximum absolute atomic E-state index is 12.0. The molecule has 1 aromatic heterocycles. The van der Waals surface area contributed by atoms with Crippen molar-refractivity contribution in [3.63, 3.8) is 0 Å². The Balaban J connectivity index is 1.35. The minimum absolute atomic E-state index is 0.135. The first-order valence-corrected chi connectivity index (χ1v) is 7.55. The SMILES string of the molecule is O=C(NC1CCC1)c1coc(COc2ccc3c(c2)OCO3)n1. The van der Waals surface area contributed by atoms with Crippen LogP contribution in [-0.2, 0) is 6.61 Å². The summed E-state index contributed by atoms with van der Waals surface area (Å²) in [4.78, 5) is 16.1. The van der Waals surface area contributed by atoms with E-state index in [1.54, 1.807) is 18.2 Å². The highest BCUT2D eigenvalue weighted by molar-refractivity contribution is 5.92. The summed E-state index contributed by atoms with van der Waals surface area (Å²) in [5.74, 6) is 2.11. The van der Waals surface area contributed by atoms with Crippen LogP contribution in [0.2, 0.25) is 0 Å². The van der Waals surface area contributed by atoms with Gasteiger partial charge in [0.25, 0.3) is 5.91 Å². The molecule has 7 nitrogen and oxygen atoms in total. The number of hydrogen-bond acceptors (Lipinski definition) is 6. The van der Waals surface area contributed by atoms with Gasteiger partial charge in [0.15, 0.2) is 23.8 Å². The summed E-state index contributed by atoms with van der Waals surface area (Å²) in [6, 6.07) is 5.58. The van der Waals surface area contributed by atoms with E-state index in [2.05, 4.69) is 10.3 Å². The Morgan fingerprint density at radius 3 is 3.00 bits per heavy atom. The highest BCUT2D eigenvalue weighted by Gasteiger charge is 2.22. The van der Waals surface area contributed by atoms with E-state index in [0.29, 0.717) is 23.1 Å². The molecule has 0 unspecified atom stereocenters. The molecule has 4 rings (SSSR count). The third-order valence-corrected chi connectivity index (χ3v) is 3.93. The van der Waals surface area contributed by atoms with Gasteiger partial charge in [-0.15, -0.1) is 0 Å². The molecule has 1 N–H and O–H groups in total. The van der Waals surface area contributed by atoms with Gasteiger partial charge in [0.2, 0.25) is 12.7 Å². The summed E-state index contributed by atoms with van der Waals surface area (Å²) < 4.78 is 21.4.